The van der Waals surface area contributed by atoms with Crippen molar-refractivity contribution in [3.63, 3.8) is 0 Å². The van der Waals surface area contributed by atoms with Crippen LogP contribution in [0.25, 0.3) is 0 Å². The lowest BCUT2D eigenvalue weighted by Crippen LogP contribution is -2.38. The van der Waals surface area contributed by atoms with Crippen LogP contribution in [-0.2, 0) is 14.8 Å². The van der Waals surface area contributed by atoms with Gasteiger partial charge in [-0.3, -0.25) is 4.79 Å². The molecule has 0 saturated carbocycles. The fraction of sp³-hybridized carbons (Fsp3) is 0.800. The molecular formula is C5H11NO5S. The maximum absolute atomic E-state index is 10.8. The summed E-state index contributed by atoms with van der Waals surface area (Å²) in [6.45, 7) is 1.07. The Labute approximate surface area is 70.3 Å². The van der Waals surface area contributed by atoms with Gasteiger partial charge in [-0.05, 0) is 6.92 Å². The van der Waals surface area contributed by atoms with Gasteiger partial charge in [-0.2, -0.15) is 0 Å². The number of carboxylic acids is 1. The molecule has 1 atom stereocenters. The Morgan fingerprint density at radius 3 is 2.42 bits per heavy atom. The highest BCUT2D eigenvalue weighted by molar-refractivity contribution is 7.90. The van der Waals surface area contributed by atoms with E-state index in [2.05, 4.69) is 0 Å². The van der Waals surface area contributed by atoms with Gasteiger partial charge >= 0.3 is 5.97 Å². The number of aliphatic hydroxyl groups excluding tert-OH is 1. The van der Waals surface area contributed by atoms with Crippen LogP contribution in [-0.4, -0.2) is 43.0 Å². The van der Waals surface area contributed by atoms with Crippen LogP contribution >= 0.6 is 0 Å². The minimum absolute atomic E-state index is 0.362. The lowest BCUT2D eigenvalue weighted by atomic mass is 10.4. The molecule has 0 aromatic carbocycles. The van der Waals surface area contributed by atoms with Crippen LogP contribution in [0.4, 0.5) is 0 Å². The summed E-state index contributed by atoms with van der Waals surface area (Å²) < 4.78 is 23.6. The van der Waals surface area contributed by atoms with Crippen LogP contribution in [0.5, 0.6) is 0 Å². The van der Waals surface area contributed by atoms with E-state index in [1.165, 1.54) is 6.92 Å². The Morgan fingerprint density at radius 2 is 2.08 bits per heavy atom. The number of rotatable bonds is 5. The number of nitrogens with one attached hydrogen (secondary N) is 1. The van der Waals surface area contributed by atoms with Gasteiger partial charge in [-0.1, -0.05) is 0 Å². The van der Waals surface area contributed by atoms with Gasteiger partial charge in [0.05, 0.1) is 6.61 Å². The van der Waals surface area contributed by atoms with Crippen molar-refractivity contribution in [2.75, 3.05) is 12.4 Å². The number of carbonyl (C=O) groups is 1. The van der Waals surface area contributed by atoms with Crippen molar-refractivity contribution in [2.24, 2.45) is 0 Å². The van der Waals surface area contributed by atoms with Crippen LogP contribution < -0.4 is 4.72 Å². The van der Waals surface area contributed by atoms with Gasteiger partial charge in [-0.25, -0.2) is 13.1 Å². The Hall–Kier alpha value is -0.660. The van der Waals surface area contributed by atoms with Gasteiger partial charge in [0, 0.05) is 6.04 Å². The molecule has 0 aliphatic heterocycles. The van der Waals surface area contributed by atoms with E-state index in [9.17, 15) is 13.2 Å². The summed E-state index contributed by atoms with van der Waals surface area (Å²) in [6, 6.07) is -0.658. The van der Waals surface area contributed by atoms with Crippen molar-refractivity contribution in [2.45, 2.75) is 13.0 Å². The zero-order valence-corrected chi connectivity index (χ0v) is 7.34. The predicted octanol–water partition coefficient (Wildman–Crippen LogP) is -1.63. The first-order valence-corrected chi connectivity index (χ1v) is 4.85. The molecule has 7 heteroatoms. The van der Waals surface area contributed by atoms with Gasteiger partial charge in [0.2, 0.25) is 10.0 Å². The molecule has 0 aromatic heterocycles. The van der Waals surface area contributed by atoms with E-state index in [1.54, 1.807) is 0 Å². The minimum Gasteiger partial charge on any atom is -0.480 e. The summed E-state index contributed by atoms with van der Waals surface area (Å²) in [6.07, 6.45) is 0. The van der Waals surface area contributed by atoms with Crippen molar-refractivity contribution in [3.05, 3.63) is 0 Å². The first kappa shape index (κ1) is 11.3. The first-order valence-electron chi connectivity index (χ1n) is 3.20. The normalized spacial score (nSPS) is 14.2. The van der Waals surface area contributed by atoms with Gasteiger partial charge in [0.1, 0.15) is 0 Å². The number of hydrogen-bond acceptors (Lipinski definition) is 4. The average molecular weight is 197 g/mol. The Kier molecular flexibility index (Phi) is 4.15. The molecule has 0 fully saturated rings. The second-order valence-electron chi connectivity index (χ2n) is 2.35. The topological polar surface area (TPSA) is 104 Å². The summed E-state index contributed by atoms with van der Waals surface area (Å²) >= 11 is 0. The molecule has 0 unspecified atom stereocenters. The Balaban J connectivity index is 4.15. The molecule has 0 heterocycles. The van der Waals surface area contributed by atoms with Crippen LogP contribution in [0.15, 0.2) is 0 Å². The predicted molar refractivity (Wildman–Crippen MR) is 41.1 cm³/mol. The lowest BCUT2D eigenvalue weighted by Gasteiger charge is -2.09. The maximum Gasteiger partial charge on any atom is 0.320 e. The van der Waals surface area contributed by atoms with Crippen molar-refractivity contribution < 1.29 is 23.4 Å². The van der Waals surface area contributed by atoms with Crippen LogP contribution in [0.1, 0.15) is 6.92 Å². The fourth-order valence-electron chi connectivity index (χ4n) is 0.548. The molecule has 6 nitrogen and oxygen atoms in total. The largest absolute Gasteiger partial charge is 0.480 e. The van der Waals surface area contributed by atoms with Crippen LogP contribution in [0.2, 0.25) is 0 Å². The van der Waals surface area contributed by atoms with Gasteiger partial charge in [0.25, 0.3) is 0 Å². The number of sulfonamides is 1. The molecular weight excluding hydrogens is 186 g/mol. The SMILES string of the molecule is C[C@@H](CO)NS(=O)(=O)CC(=O)O. The van der Waals surface area contributed by atoms with Gasteiger partial charge < -0.3 is 10.2 Å². The summed E-state index contributed by atoms with van der Waals surface area (Å²) in [7, 11) is -3.80. The number of carboxylic acid groups (broad SMARTS) is 1. The molecule has 3 N–H and O–H groups in total. The molecule has 0 rings (SSSR count). The molecule has 0 aliphatic carbocycles. The van der Waals surface area contributed by atoms with E-state index in [4.69, 9.17) is 10.2 Å². The highest BCUT2D eigenvalue weighted by atomic mass is 32.2. The van der Waals surface area contributed by atoms with Crippen molar-refractivity contribution in [1.82, 2.24) is 4.72 Å². The summed E-state index contributed by atoms with van der Waals surface area (Å²) in [5.41, 5.74) is 0. The Morgan fingerprint density at radius 1 is 1.58 bits per heavy atom. The molecule has 12 heavy (non-hydrogen) atoms. The highest BCUT2D eigenvalue weighted by Gasteiger charge is 2.17. The molecule has 0 radical (unpaired) electrons. The van der Waals surface area contributed by atoms with E-state index in [0.29, 0.717) is 0 Å². The fourth-order valence-corrected chi connectivity index (χ4v) is 1.64. The monoisotopic (exact) mass is 197 g/mol. The zero-order chi connectivity index (χ0) is 9.78. The van der Waals surface area contributed by atoms with Crippen LogP contribution in [0.3, 0.4) is 0 Å². The standard InChI is InChI=1S/C5H11NO5S/c1-4(2-7)6-12(10,11)3-5(8)9/h4,6-7H,2-3H2,1H3,(H,8,9)/t4-/m0/s1. The molecule has 72 valence electrons. The smallest absolute Gasteiger partial charge is 0.320 e. The molecule has 0 saturated heterocycles. The summed E-state index contributed by atoms with van der Waals surface area (Å²) in [5, 5.41) is 16.6. The maximum atomic E-state index is 10.8. The second kappa shape index (κ2) is 4.39. The van der Waals surface area contributed by atoms with Gasteiger partial charge in [-0.15, -0.1) is 0 Å². The average Bonchev–Trinajstić information content (AvgIpc) is 1.83. The molecule has 0 amide bonds. The van der Waals surface area contributed by atoms with E-state index < -0.39 is 27.8 Å². The summed E-state index contributed by atoms with van der Waals surface area (Å²) in [5.74, 6) is -2.40. The zero-order valence-electron chi connectivity index (χ0n) is 6.52. The highest BCUT2D eigenvalue weighted by Crippen LogP contribution is 1.88. The van der Waals surface area contributed by atoms with E-state index in [1.807, 2.05) is 4.72 Å². The van der Waals surface area contributed by atoms with E-state index in [0.717, 1.165) is 0 Å². The van der Waals surface area contributed by atoms with Crippen molar-refractivity contribution in [3.8, 4) is 0 Å². The van der Waals surface area contributed by atoms with Crippen LogP contribution in [0, 0.1) is 0 Å². The van der Waals surface area contributed by atoms with Gasteiger partial charge in [0.15, 0.2) is 5.75 Å². The molecule has 0 aliphatic rings. The quantitative estimate of drug-likeness (QED) is 0.491. The number of aliphatic hydroxyl groups is 1. The third-order valence-electron chi connectivity index (χ3n) is 0.968. The third kappa shape index (κ3) is 5.05. The lowest BCUT2D eigenvalue weighted by molar-refractivity contribution is -0.134. The first-order chi connectivity index (χ1) is 5.37. The van der Waals surface area contributed by atoms with E-state index in [-0.39, 0.29) is 6.61 Å². The molecule has 0 aromatic rings. The van der Waals surface area contributed by atoms with Crippen molar-refractivity contribution in [1.29, 1.82) is 0 Å². The number of aliphatic carboxylic acids is 1. The Bertz CT molecular complexity index is 247. The summed E-state index contributed by atoms with van der Waals surface area (Å²) in [4.78, 5) is 10.0. The third-order valence-corrected chi connectivity index (χ3v) is 2.36. The minimum atomic E-state index is -3.80. The number of hydrogen-bond donors (Lipinski definition) is 3. The van der Waals surface area contributed by atoms with E-state index >= 15 is 0 Å². The molecule has 0 spiro atoms. The second-order valence-corrected chi connectivity index (χ2v) is 4.11. The molecule has 0 bridgehead atoms. The van der Waals surface area contributed by atoms with Crippen molar-refractivity contribution >= 4 is 16.0 Å².